The van der Waals surface area contributed by atoms with Crippen molar-refractivity contribution in [3.05, 3.63) is 67.0 Å². The van der Waals surface area contributed by atoms with Gasteiger partial charge in [0.2, 0.25) is 0 Å². The number of benzene rings is 1. The quantitative estimate of drug-likeness (QED) is 0.513. The highest BCUT2D eigenvalue weighted by Crippen LogP contribution is 2.08. The van der Waals surface area contributed by atoms with Gasteiger partial charge in [-0.3, -0.25) is 0 Å². The molecule has 1 aromatic rings. The minimum absolute atomic E-state index is 0.853. The molecule has 15 heavy (non-hydrogen) atoms. The summed E-state index contributed by atoms with van der Waals surface area (Å²) in [6, 6.07) is 9.70. The third kappa shape index (κ3) is 5.53. The maximum absolute atomic E-state index is 5.36. The fraction of sp³-hybridized carbons (Fsp3) is 0.143. The van der Waals surface area contributed by atoms with Gasteiger partial charge in [-0.1, -0.05) is 49.4 Å². The van der Waals surface area contributed by atoms with Crippen LogP contribution in [0.5, 0.6) is 5.75 Å². The van der Waals surface area contributed by atoms with Gasteiger partial charge in [0, 0.05) is 0 Å². The minimum Gasteiger partial charge on any atom is -0.465 e. The Labute approximate surface area is 91.4 Å². The molecule has 1 nitrogen and oxygen atoms in total. The lowest BCUT2D eigenvalue weighted by molar-refractivity contribution is 0.481. The highest BCUT2D eigenvalue weighted by atomic mass is 16.5. The maximum atomic E-state index is 5.36. The van der Waals surface area contributed by atoms with Crippen LogP contribution in [0, 0.1) is 0 Å². The summed E-state index contributed by atoms with van der Waals surface area (Å²) in [6.45, 7) is 2.11. The molecular weight excluding hydrogens is 184 g/mol. The van der Waals surface area contributed by atoms with Gasteiger partial charge in [-0.05, 0) is 24.6 Å². The van der Waals surface area contributed by atoms with Gasteiger partial charge in [-0.2, -0.15) is 0 Å². The Bertz CT molecular complexity index is 334. The zero-order valence-electron chi connectivity index (χ0n) is 8.97. The first-order valence-electron chi connectivity index (χ1n) is 5.13. The molecule has 0 aromatic heterocycles. The predicted molar refractivity (Wildman–Crippen MR) is 64.8 cm³/mol. The van der Waals surface area contributed by atoms with E-state index in [1.165, 1.54) is 0 Å². The third-order valence-electron chi connectivity index (χ3n) is 1.73. The largest absolute Gasteiger partial charge is 0.465 e. The summed E-state index contributed by atoms with van der Waals surface area (Å²) in [6.07, 6.45) is 12.6. The molecule has 0 aliphatic carbocycles. The topological polar surface area (TPSA) is 9.23 Å². The number of hydrogen-bond acceptors (Lipinski definition) is 1. The molecule has 78 valence electrons. The number of allylic oxidation sites excluding steroid dienone is 5. The molecular formula is C14H16O. The van der Waals surface area contributed by atoms with E-state index < -0.39 is 0 Å². The maximum Gasteiger partial charge on any atom is 0.126 e. The molecule has 1 rings (SSSR count). The number of ether oxygens (including phenoxy) is 1. The SMILES string of the molecule is CC/C=C/C=C/C=C/Oc1ccccc1. The summed E-state index contributed by atoms with van der Waals surface area (Å²) in [4.78, 5) is 0. The van der Waals surface area contributed by atoms with Crippen LogP contribution in [0.3, 0.4) is 0 Å². The molecule has 1 heteroatoms. The second-order valence-corrected chi connectivity index (χ2v) is 2.98. The first-order valence-corrected chi connectivity index (χ1v) is 5.13. The molecule has 0 saturated carbocycles. The molecule has 0 aliphatic heterocycles. The first kappa shape index (κ1) is 11.3. The van der Waals surface area contributed by atoms with Crippen LogP contribution in [-0.4, -0.2) is 0 Å². The van der Waals surface area contributed by atoms with Crippen molar-refractivity contribution in [2.45, 2.75) is 13.3 Å². The van der Waals surface area contributed by atoms with Gasteiger partial charge in [0.25, 0.3) is 0 Å². The highest BCUT2D eigenvalue weighted by Gasteiger charge is 1.83. The Balaban J connectivity index is 2.28. The molecule has 0 aliphatic rings. The van der Waals surface area contributed by atoms with Crippen LogP contribution in [0.4, 0.5) is 0 Å². The normalized spacial score (nSPS) is 11.8. The lowest BCUT2D eigenvalue weighted by Crippen LogP contribution is -1.78. The fourth-order valence-corrected chi connectivity index (χ4v) is 1.01. The molecule has 0 fully saturated rings. The predicted octanol–water partition coefficient (Wildman–Crippen LogP) is 4.10. The highest BCUT2D eigenvalue weighted by molar-refractivity contribution is 5.22. The van der Waals surface area contributed by atoms with E-state index in [2.05, 4.69) is 13.0 Å². The molecule has 0 bridgehead atoms. The van der Waals surface area contributed by atoms with Crippen LogP contribution in [-0.2, 0) is 0 Å². The fourth-order valence-electron chi connectivity index (χ4n) is 1.01. The van der Waals surface area contributed by atoms with Crippen LogP contribution in [0.1, 0.15) is 13.3 Å². The standard InChI is InChI=1S/C14H16O/c1-2-3-4-5-6-10-13-15-14-11-8-7-9-12-14/h3-13H,2H2,1H3/b4-3+,6-5+,13-10+. The lowest BCUT2D eigenvalue weighted by atomic mass is 10.3. The van der Waals surface area contributed by atoms with E-state index in [9.17, 15) is 0 Å². The van der Waals surface area contributed by atoms with Crippen LogP contribution in [0.2, 0.25) is 0 Å². The summed E-state index contributed by atoms with van der Waals surface area (Å²) in [5, 5.41) is 0. The Hall–Kier alpha value is -1.76. The Morgan fingerprint density at radius 1 is 1.00 bits per heavy atom. The second-order valence-electron chi connectivity index (χ2n) is 2.98. The van der Waals surface area contributed by atoms with Crippen molar-refractivity contribution in [2.75, 3.05) is 0 Å². The summed E-state index contributed by atoms with van der Waals surface area (Å²) in [7, 11) is 0. The zero-order chi connectivity index (χ0) is 10.8. The smallest absolute Gasteiger partial charge is 0.126 e. The van der Waals surface area contributed by atoms with Crippen LogP contribution in [0.25, 0.3) is 0 Å². The Morgan fingerprint density at radius 3 is 2.47 bits per heavy atom. The second kappa shape index (κ2) is 7.63. The average molecular weight is 200 g/mol. The van der Waals surface area contributed by atoms with Gasteiger partial charge in [-0.15, -0.1) is 0 Å². The van der Waals surface area contributed by atoms with Crippen molar-refractivity contribution in [1.82, 2.24) is 0 Å². The van der Waals surface area contributed by atoms with Crippen molar-refractivity contribution in [3.63, 3.8) is 0 Å². The molecule has 0 atom stereocenters. The van der Waals surface area contributed by atoms with Crippen molar-refractivity contribution in [1.29, 1.82) is 0 Å². The van der Waals surface area contributed by atoms with Crippen molar-refractivity contribution < 1.29 is 4.74 Å². The van der Waals surface area contributed by atoms with Gasteiger partial charge in [-0.25, -0.2) is 0 Å². The Kier molecular flexibility index (Phi) is 5.75. The van der Waals surface area contributed by atoms with Gasteiger partial charge < -0.3 is 4.74 Å². The number of para-hydroxylation sites is 1. The molecule has 0 radical (unpaired) electrons. The molecule has 0 amide bonds. The van der Waals surface area contributed by atoms with Crippen LogP contribution < -0.4 is 4.74 Å². The molecule has 0 N–H and O–H groups in total. The first-order chi connectivity index (χ1) is 7.43. The van der Waals surface area contributed by atoms with Crippen molar-refractivity contribution in [3.8, 4) is 5.75 Å². The van der Waals surface area contributed by atoms with E-state index in [1.807, 2.05) is 54.6 Å². The summed E-state index contributed by atoms with van der Waals surface area (Å²) >= 11 is 0. The van der Waals surface area contributed by atoms with E-state index in [4.69, 9.17) is 4.74 Å². The van der Waals surface area contributed by atoms with Crippen molar-refractivity contribution >= 4 is 0 Å². The molecule has 0 saturated heterocycles. The number of rotatable bonds is 5. The van der Waals surface area contributed by atoms with E-state index >= 15 is 0 Å². The lowest BCUT2D eigenvalue weighted by Gasteiger charge is -1.96. The molecule has 0 unspecified atom stereocenters. The summed E-state index contributed by atoms with van der Waals surface area (Å²) in [5.74, 6) is 0.853. The summed E-state index contributed by atoms with van der Waals surface area (Å²) in [5.41, 5.74) is 0. The molecule has 1 aromatic carbocycles. The monoisotopic (exact) mass is 200 g/mol. The van der Waals surface area contributed by atoms with E-state index in [0.717, 1.165) is 12.2 Å². The van der Waals surface area contributed by atoms with E-state index in [-0.39, 0.29) is 0 Å². The van der Waals surface area contributed by atoms with E-state index in [1.54, 1.807) is 6.26 Å². The van der Waals surface area contributed by atoms with Crippen molar-refractivity contribution in [2.24, 2.45) is 0 Å². The zero-order valence-corrected chi connectivity index (χ0v) is 8.97. The van der Waals surface area contributed by atoms with Crippen LogP contribution in [0.15, 0.2) is 67.0 Å². The van der Waals surface area contributed by atoms with E-state index in [0.29, 0.717) is 0 Å². The third-order valence-corrected chi connectivity index (χ3v) is 1.73. The molecule has 0 spiro atoms. The Morgan fingerprint density at radius 2 is 1.73 bits per heavy atom. The van der Waals surface area contributed by atoms with Gasteiger partial charge in [0.05, 0.1) is 6.26 Å². The van der Waals surface area contributed by atoms with Gasteiger partial charge in [0.1, 0.15) is 5.75 Å². The van der Waals surface area contributed by atoms with Crippen LogP contribution >= 0.6 is 0 Å². The minimum atomic E-state index is 0.853. The average Bonchev–Trinajstić information content (AvgIpc) is 2.29. The number of hydrogen-bond donors (Lipinski definition) is 0. The van der Waals surface area contributed by atoms with Gasteiger partial charge in [0.15, 0.2) is 0 Å². The van der Waals surface area contributed by atoms with Gasteiger partial charge >= 0.3 is 0 Å². The molecule has 0 heterocycles. The summed E-state index contributed by atoms with van der Waals surface area (Å²) < 4.78 is 5.36.